The van der Waals surface area contributed by atoms with Crippen molar-refractivity contribution in [1.82, 2.24) is 0 Å². The Labute approximate surface area is 103 Å². The fraction of sp³-hybridized carbons (Fsp3) is 0.846. The van der Waals surface area contributed by atoms with Gasteiger partial charge in [0.1, 0.15) is 5.60 Å². The van der Waals surface area contributed by atoms with Gasteiger partial charge < -0.3 is 18.9 Å². The van der Waals surface area contributed by atoms with Crippen molar-refractivity contribution in [2.45, 2.75) is 50.1 Å². The van der Waals surface area contributed by atoms with E-state index < -0.39 is 0 Å². The van der Waals surface area contributed by atoms with E-state index in [-0.39, 0.29) is 23.4 Å². The minimum atomic E-state index is -0.316. The van der Waals surface area contributed by atoms with Crippen LogP contribution in [0.5, 0.6) is 0 Å². The van der Waals surface area contributed by atoms with E-state index in [1.807, 2.05) is 6.92 Å². The number of fused-ring (bicyclic) bond motifs is 1. The lowest BCUT2D eigenvalue weighted by Crippen LogP contribution is -2.57. The Morgan fingerprint density at radius 2 is 1.65 bits per heavy atom. The maximum Gasteiger partial charge on any atom is 0.131 e. The fourth-order valence-electron chi connectivity index (χ4n) is 2.56. The highest BCUT2D eigenvalue weighted by Crippen LogP contribution is 2.36. The monoisotopic (exact) mass is 242 g/mol. The van der Waals surface area contributed by atoms with Crippen molar-refractivity contribution in [3.63, 3.8) is 0 Å². The molecule has 2 heterocycles. The summed E-state index contributed by atoms with van der Waals surface area (Å²) < 4.78 is 22.7. The normalized spacial score (nSPS) is 46.1. The number of methoxy groups -OCH3 is 1. The summed E-state index contributed by atoms with van der Waals surface area (Å²) in [5.74, 6) is 0. The van der Waals surface area contributed by atoms with Crippen LogP contribution in [0, 0.1) is 0 Å². The van der Waals surface area contributed by atoms with Crippen LogP contribution in [-0.2, 0) is 18.9 Å². The average molecular weight is 242 g/mol. The molecular weight excluding hydrogens is 220 g/mol. The van der Waals surface area contributed by atoms with E-state index in [0.29, 0.717) is 13.2 Å². The van der Waals surface area contributed by atoms with Crippen LogP contribution < -0.4 is 0 Å². The molecule has 1 unspecified atom stereocenters. The molecule has 98 valence electrons. The topological polar surface area (TPSA) is 36.9 Å². The molecule has 2 saturated heterocycles. The first-order valence-electron chi connectivity index (χ1n) is 6.07. The lowest BCUT2D eigenvalue weighted by atomic mass is 9.85. The molecule has 4 atom stereocenters. The van der Waals surface area contributed by atoms with Gasteiger partial charge in [0.2, 0.25) is 0 Å². The Bertz CT molecular complexity index is 293. The zero-order valence-corrected chi connectivity index (χ0v) is 10.9. The lowest BCUT2D eigenvalue weighted by molar-refractivity contribution is -0.240. The average Bonchev–Trinajstić information content (AvgIpc) is 2.30. The van der Waals surface area contributed by atoms with Gasteiger partial charge in [-0.25, -0.2) is 0 Å². The molecule has 4 nitrogen and oxygen atoms in total. The molecule has 0 amide bonds. The Balaban J connectivity index is 1.99. The summed E-state index contributed by atoms with van der Waals surface area (Å²) in [4.78, 5) is 0. The lowest BCUT2D eigenvalue weighted by Gasteiger charge is -2.48. The fourth-order valence-corrected chi connectivity index (χ4v) is 2.56. The molecule has 0 radical (unpaired) electrons. The Morgan fingerprint density at radius 3 is 2.18 bits per heavy atom. The Hall–Kier alpha value is -0.580. The standard InChI is InChI=1S/C13H22O4/c1-5-17-13(3)7-11-10(16-9-13)6-12(2,14-4)8-15-11/h5,10-11H,1,6-9H2,2-4H3/t10-,11-,12?,13+/m0/s1. The summed E-state index contributed by atoms with van der Waals surface area (Å²) in [5.41, 5.74) is -0.544. The molecule has 0 bridgehead atoms. The van der Waals surface area contributed by atoms with Gasteiger partial charge in [0.05, 0.1) is 37.3 Å². The van der Waals surface area contributed by atoms with Gasteiger partial charge in [0.15, 0.2) is 0 Å². The van der Waals surface area contributed by atoms with Crippen LogP contribution in [0.2, 0.25) is 0 Å². The molecular formula is C13H22O4. The highest BCUT2D eigenvalue weighted by molar-refractivity contribution is 4.96. The van der Waals surface area contributed by atoms with Crippen LogP contribution in [0.4, 0.5) is 0 Å². The smallest absolute Gasteiger partial charge is 0.131 e. The van der Waals surface area contributed by atoms with Crippen molar-refractivity contribution in [3.8, 4) is 0 Å². The third kappa shape index (κ3) is 2.64. The Kier molecular flexibility index (Phi) is 3.48. The van der Waals surface area contributed by atoms with Crippen molar-refractivity contribution in [2.75, 3.05) is 20.3 Å². The second kappa shape index (κ2) is 4.59. The molecule has 2 aliphatic heterocycles. The van der Waals surface area contributed by atoms with E-state index in [9.17, 15) is 0 Å². The molecule has 4 heteroatoms. The van der Waals surface area contributed by atoms with Crippen molar-refractivity contribution < 1.29 is 18.9 Å². The summed E-state index contributed by atoms with van der Waals surface area (Å²) in [6, 6.07) is 0. The highest BCUT2D eigenvalue weighted by Gasteiger charge is 2.47. The minimum absolute atomic E-state index is 0.0944. The second-order valence-corrected chi connectivity index (χ2v) is 5.50. The zero-order chi connectivity index (χ0) is 12.5. The van der Waals surface area contributed by atoms with Gasteiger partial charge in [0.25, 0.3) is 0 Å². The molecule has 2 fully saturated rings. The van der Waals surface area contributed by atoms with Crippen LogP contribution in [0.3, 0.4) is 0 Å². The highest BCUT2D eigenvalue weighted by atomic mass is 16.6. The van der Waals surface area contributed by atoms with Gasteiger partial charge >= 0.3 is 0 Å². The molecule has 2 rings (SSSR count). The van der Waals surface area contributed by atoms with Gasteiger partial charge in [-0.3, -0.25) is 0 Å². The van der Waals surface area contributed by atoms with Crippen LogP contribution in [-0.4, -0.2) is 43.7 Å². The first-order valence-corrected chi connectivity index (χ1v) is 6.07. The maximum atomic E-state index is 5.87. The van der Waals surface area contributed by atoms with E-state index in [1.165, 1.54) is 6.26 Å². The van der Waals surface area contributed by atoms with Crippen molar-refractivity contribution in [1.29, 1.82) is 0 Å². The second-order valence-electron chi connectivity index (χ2n) is 5.50. The molecule has 0 aromatic heterocycles. The van der Waals surface area contributed by atoms with Crippen LogP contribution >= 0.6 is 0 Å². The zero-order valence-electron chi connectivity index (χ0n) is 10.9. The van der Waals surface area contributed by atoms with E-state index in [0.717, 1.165) is 12.8 Å². The molecule has 0 aliphatic carbocycles. The van der Waals surface area contributed by atoms with Gasteiger partial charge in [-0.15, -0.1) is 0 Å². The van der Waals surface area contributed by atoms with Crippen molar-refractivity contribution in [3.05, 3.63) is 12.8 Å². The summed E-state index contributed by atoms with van der Waals surface area (Å²) in [6.45, 7) is 8.87. The van der Waals surface area contributed by atoms with Gasteiger partial charge in [-0.2, -0.15) is 0 Å². The van der Waals surface area contributed by atoms with Crippen LogP contribution in [0.1, 0.15) is 26.7 Å². The first-order chi connectivity index (χ1) is 8.00. The van der Waals surface area contributed by atoms with Crippen molar-refractivity contribution in [2.24, 2.45) is 0 Å². The SMILES string of the molecule is C=CO[C@@]1(C)CO[C@H]2CC(C)(OC)CO[C@H]2C1. The Morgan fingerprint density at radius 1 is 1.12 bits per heavy atom. The summed E-state index contributed by atoms with van der Waals surface area (Å²) >= 11 is 0. The van der Waals surface area contributed by atoms with E-state index in [2.05, 4.69) is 13.5 Å². The summed E-state index contributed by atoms with van der Waals surface area (Å²) in [5, 5.41) is 0. The van der Waals surface area contributed by atoms with Crippen LogP contribution in [0.25, 0.3) is 0 Å². The molecule has 2 aliphatic rings. The number of ether oxygens (including phenoxy) is 4. The van der Waals surface area contributed by atoms with E-state index in [1.54, 1.807) is 7.11 Å². The molecule has 0 saturated carbocycles. The predicted octanol–water partition coefficient (Wildman–Crippen LogP) is 1.89. The quantitative estimate of drug-likeness (QED) is 0.708. The minimum Gasteiger partial charge on any atom is -0.493 e. The van der Waals surface area contributed by atoms with Crippen LogP contribution in [0.15, 0.2) is 12.8 Å². The van der Waals surface area contributed by atoms with Gasteiger partial charge in [-0.1, -0.05) is 6.58 Å². The number of hydrogen-bond acceptors (Lipinski definition) is 4. The molecule has 0 N–H and O–H groups in total. The van der Waals surface area contributed by atoms with E-state index >= 15 is 0 Å². The third-order valence-electron chi connectivity index (χ3n) is 3.75. The number of rotatable bonds is 3. The maximum absolute atomic E-state index is 5.87. The predicted molar refractivity (Wildman–Crippen MR) is 63.8 cm³/mol. The first kappa shape index (κ1) is 12.9. The van der Waals surface area contributed by atoms with Gasteiger partial charge in [0, 0.05) is 20.0 Å². The van der Waals surface area contributed by atoms with E-state index in [4.69, 9.17) is 18.9 Å². The molecule has 0 spiro atoms. The molecule has 17 heavy (non-hydrogen) atoms. The summed E-state index contributed by atoms with van der Waals surface area (Å²) in [6.07, 6.45) is 3.39. The van der Waals surface area contributed by atoms with Crippen molar-refractivity contribution >= 4 is 0 Å². The van der Waals surface area contributed by atoms with Gasteiger partial charge in [-0.05, 0) is 13.8 Å². The largest absolute Gasteiger partial charge is 0.493 e. The third-order valence-corrected chi connectivity index (χ3v) is 3.75. The molecule has 0 aromatic carbocycles. The molecule has 0 aromatic rings. The summed E-state index contributed by atoms with van der Waals surface area (Å²) in [7, 11) is 1.72. The number of hydrogen-bond donors (Lipinski definition) is 0.